The van der Waals surface area contributed by atoms with E-state index in [1.54, 1.807) is 0 Å². The van der Waals surface area contributed by atoms with E-state index >= 15 is 0 Å². The summed E-state index contributed by atoms with van der Waals surface area (Å²) < 4.78 is 11.4. The molecule has 0 bridgehead atoms. The molecular formula is C16H14Cl2O2. The van der Waals surface area contributed by atoms with Crippen LogP contribution < -0.4 is 0 Å². The molecule has 104 valence electrons. The van der Waals surface area contributed by atoms with Crippen LogP contribution in [0.1, 0.15) is 17.0 Å². The molecule has 1 saturated heterocycles. The van der Waals surface area contributed by atoms with Gasteiger partial charge in [0.1, 0.15) is 0 Å². The Bertz CT molecular complexity index is 577. The summed E-state index contributed by atoms with van der Waals surface area (Å²) in [5.74, 6) is -0.0523. The molecule has 0 amide bonds. The first-order chi connectivity index (χ1) is 9.75. The van der Waals surface area contributed by atoms with Crippen molar-refractivity contribution in [1.29, 1.82) is 0 Å². The molecule has 2 aromatic carbocycles. The molecule has 2 nitrogen and oxygen atoms in total. The average Bonchev–Trinajstić information content (AvgIpc) is 2.97. The minimum Gasteiger partial charge on any atom is -0.349 e. The van der Waals surface area contributed by atoms with Crippen molar-refractivity contribution in [2.75, 3.05) is 13.2 Å². The summed E-state index contributed by atoms with van der Waals surface area (Å²) in [5.41, 5.74) is 2.08. The first-order valence-electron chi connectivity index (χ1n) is 6.49. The molecule has 0 aliphatic carbocycles. The smallest absolute Gasteiger partial charge is 0.168 e. The maximum absolute atomic E-state index is 6.34. The Hall–Kier alpha value is -1.06. The lowest BCUT2D eigenvalue weighted by Crippen LogP contribution is -2.21. The molecule has 4 heteroatoms. The van der Waals surface area contributed by atoms with Crippen LogP contribution in [0.5, 0.6) is 0 Å². The second-order valence-corrected chi connectivity index (χ2v) is 5.50. The maximum Gasteiger partial charge on any atom is 0.168 e. The van der Waals surface area contributed by atoms with Crippen molar-refractivity contribution in [3.8, 4) is 0 Å². The van der Waals surface area contributed by atoms with Crippen molar-refractivity contribution < 1.29 is 9.47 Å². The van der Waals surface area contributed by atoms with Gasteiger partial charge >= 0.3 is 0 Å². The maximum atomic E-state index is 6.34. The van der Waals surface area contributed by atoms with Crippen molar-refractivity contribution in [2.45, 2.75) is 12.2 Å². The summed E-state index contributed by atoms with van der Waals surface area (Å²) >= 11 is 12.3. The van der Waals surface area contributed by atoms with E-state index < -0.39 is 0 Å². The number of ether oxygens (including phenoxy) is 2. The molecule has 1 aliphatic heterocycles. The topological polar surface area (TPSA) is 18.5 Å². The molecule has 1 atom stereocenters. The summed E-state index contributed by atoms with van der Waals surface area (Å²) in [4.78, 5) is 0. The fourth-order valence-corrected chi connectivity index (χ4v) is 2.83. The van der Waals surface area contributed by atoms with Gasteiger partial charge in [0.2, 0.25) is 0 Å². The number of halogens is 2. The van der Waals surface area contributed by atoms with Gasteiger partial charge in [-0.05, 0) is 29.3 Å². The van der Waals surface area contributed by atoms with Crippen LogP contribution in [-0.2, 0) is 9.47 Å². The van der Waals surface area contributed by atoms with Gasteiger partial charge in [-0.2, -0.15) is 0 Å². The van der Waals surface area contributed by atoms with E-state index in [1.165, 1.54) is 0 Å². The fourth-order valence-electron chi connectivity index (χ4n) is 2.45. The molecule has 2 aromatic rings. The van der Waals surface area contributed by atoms with Crippen LogP contribution in [0, 0.1) is 0 Å². The van der Waals surface area contributed by atoms with E-state index in [0.717, 1.165) is 11.1 Å². The molecule has 0 radical (unpaired) electrons. The first kappa shape index (κ1) is 13.9. The van der Waals surface area contributed by atoms with Gasteiger partial charge in [0.25, 0.3) is 0 Å². The van der Waals surface area contributed by atoms with E-state index in [9.17, 15) is 0 Å². The van der Waals surface area contributed by atoms with Crippen LogP contribution in [0.2, 0.25) is 10.0 Å². The predicted molar refractivity (Wildman–Crippen MR) is 80.4 cm³/mol. The Morgan fingerprint density at radius 3 is 2.20 bits per heavy atom. The normalized spacial score (nSPS) is 17.3. The Labute approximate surface area is 128 Å². The molecule has 1 fully saturated rings. The Kier molecular flexibility index (Phi) is 4.27. The monoisotopic (exact) mass is 308 g/mol. The summed E-state index contributed by atoms with van der Waals surface area (Å²) in [5, 5.41) is 1.42. The minimum absolute atomic E-state index is 0.0523. The van der Waals surface area contributed by atoms with Gasteiger partial charge in [-0.25, -0.2) is 0 Å². The van der Waals surface area contributed by atoms with Gasteiger partial charge in [-0.1, -0.05) is 53.5 Å². The van der Waals surface area contributed by atoms with Crippen LogP contribution in [-0.4, -0.2) is 19.5 Å². The first-order valence-corrected chi connectivity index (χ1v) is 7.24. The van der Waals surface area contributed by atoms with E-state index in [0.29, 0.717) is 23.3 Å². The third-order valence-electron chi connectivity index (χ3n) is 3.39. The lowest BCUT2D eigenvalue weighted by Gasteiger charge is -2.24. The predicted octanol–water partition coefficient (Wildman–Crippen LogP) is 4.50. The zero-order chi connectivity index (χ0) is 13.9. The van der Waals surface area contributed by atoms with E-state index in [4.69, 9.17) is 32.7 Å². The van der Waals surface area contributed by atoms with Crippen molar-refractivity contribution in [2.24, 2.45) is 0 Å². The van der Waals surface area contributed by atoms with Crippen molar-refractivity contribution in [1.82, 2.24) is 0 Å². The molecule has 3 rings (SSSR count). The molecule has 1 heterocycles. The molecule has 1 aliphatic rings. The Morgan fingerprint density at radius 1 is 0.900 bits per heavy atom. The molecule has 0 saturated carbocycles. The lowest BCUT2D eigenvalue weighted by atomic mass is 9.90. The van der Waals surface area contributed by atoms with Crippen LogP contribution >= 0.6 is 23.2 Å². The van der Waals surface area contributed by atoms with Crippen LogP contribution in [0.15, 0.2) is 48.5 Å². The molecule has 0 aromatic heterocycles. The van der Waals surface area contributed by atoms with Crippen LogP contribution in [0.25, 0.3) is 0 Å². The standard InChI is InChI=1S/C16H14Cl2O2/c17-12-7-5-11(6-8-12)15(16-19-9-10-20-16)13-3-1-2-4-14(13)18/h1-8,15-16H,9-10H2/t15-/m1/s1. The molecule has 0 spiro atoms. The summed E-state index contributed by atoms with van der Waals surface area (Å²) in [7, 11) is 0. The highest BCUT2D eigenvalue weighted by Gasteiger charge is 2.31. The SMILES string of the molecule is Clc1ccc([C@H](c2ccccc2Cl)C2OCCO2)cc1. The zero-order valence-corrected chi connectivity index (χ0v) is 12.3. The summed E-state index contributed by atoms with van der Waals surface area (Å²) in [6.07, 6.45) is -0.309. The average molecular weight is 309 g/mol. The molecule has 0 N–H and O–H groups in total. The van der Waals surface area contributed by atoms with Gasteiger partial charge in [0, 0.05) is 10.0 Å². The number of benzene rings is 2. The van der Waals surface area contributed by atoms with E-state index in [-0.39, 0.29) is 12.2 Å². The van der Waals surface area contributed by atoms with Crippen molar-refractivity contribution >= 4 is 23.2 Å². The quantitative estimate of drug-likeness (QED) is 0.831. The number of rotatable bonds is 3. The number of hydrogen-bond acceptors (Lipinski definition) is 2. The molecule has 0 unspecified atom stereocenters. The van der Waals surface area contributed by atoms with Crippen molar-refractivity contribution in [3.05, 3.63) is 69.7 Å². The summed E-state index contributed by atoms with van der Waals surface area (Å²) in [6, 6.07) is 15.5. The van der Waals surface area contributed by atoms with Gasteiger partial charge < -0.3 is 9.47 Å². The molecular weight excluding hydrogens is 295 g/mol. The third kappa shape index (κ3) is 2.84. The lowest BCUT2D eigenvalue weighted by molar-refractivity contribution is -0.0523. The van der Waals surface area contributed by atoms with Gasteiger partial charge in [0.05, 0.1) is 19.1 Å². The fraction of sp³-hybridized carbons (Fsp3) is 0.250. The van der Waals surface area contributed by atoms with Crippen LogP contribution in [0.3, 0.4) is 0 Å². The van der Waals surface area contributed by atoms with Crippen LogP contribution in [0.4, 0.5) is 0 Å². The minimum atomic E-state index is -0.309. The van der Waals surface area contributed by atoms with Gasteiger partial charge in [0.15, 0.2) is 6.29 Å². The van der Waals surface area contributed by atoms with E-state index in [1.807, 2.05) is 48.5 Å². The number of hydrogen-bond donors (Lipinski definition) is 0. The Balaban J connectivity index is 2.04. The second kappa shape index (κ2) is 6.15. The van der Waals surface area contributed by atoms with E-state index in [2.05, 4.69) is 0 Å². The third-order valence-corrected chi connectivity index (χ3v) is 3.99. The molecule has 20 heavy (non-hydrogen) atoms. The highest BCUT2D eigenvalue weighted by molar-refractivity contribution is 6.31. The Morgan fingerprint density at radius 2 is 1.55 bits per heavy atom. The highest BCUT2D eigenvalue weighted by atomic mass is 35.5. The highest BCUT2D eigenvalue weighted by Crippen LogP contribution is 2.36. The largest absolute Gasteiger partial charge is 0.349 e. The van der Waals surface area contributed by atoms with Gasteiger partial charge in [-0.15, -0.1) is 0 Å². The zero-order valence-electron chi connectivity index (χ0n) is 10.8. The summed E-state index contributed by atoms with van der Waals surface area (Å²) in [6.45, 7) is 1.22. The van der Waals surface area contributed by atoms with Crippen molar-refractivity contribution in [3.63, 3.8) is 0 Å². The second-order valence-electron chi connectivity index (χ2n) is 4.66. The van der Waals surface area contributed by atoms with Gasteiger partial charge in [-0.3, -0.25) is 0 Å².